The zero-order chi connectivity index (χ0) is 18.7. The summed E-state index contributed by atoms with van der Waals surface area (Å²) < 4.78 is 20.3. The molecule has 26 heavy (non-hydrogen) atoms. The van der Waals surface area contributed by atoms with Crippen molar-refractivity contribution in [2.45, 2.75) is 20.4 Å². The summed E-state index contributed by atoms with van der Waals surface area (Å²) in [5.74, 6) is -0.370. The Morgan fingerprint density at radius 3 is 2.69 bits per heavy atom. The van der Waals surface area contributed by atoms with Crippen molar-refractivity contribution in [2.24, 2.45) is 0 Å². The van der Waals surface area contributed by atoms with Gasteiger partial charge in [-0.25, -0.2) is 9.37 Å². The Balaban J connectivity index is 1.82. The first-order chi connectivity index (χ1) is 12.4. The molecular weight excluding hydrogens is 339 g/mol. The van der Waals surface area contributed by atoms with Gasteiger partial charge < -0.3 is 15.0 Å². The lowest BCUT2D eigenvalue weighted by Crippen LogP contribution is -2.41. The lowest BCUT2D eigenvalue weighted by atomic mass is 10.2. The Kier molecular flexibility index (Phi) is 5.32. The second kappa shape index (κ2) is 7.65. The number of nitrogens with one attached hydrogen (secondary N) is 1. The van der Waals surface area contributed by atoms with E-state index in [1.54, 1.807) is 26.0 Å². The van der Waals surface area contributed by atoms with Crippen molar-refractivity contribution in [3.05, 3.63) is 51.7 Å². The number of hydrogen-bond acceptors (Lipinski definition) is 5. The first kappa shape index (κ1) is 18.1. The van der Waals surface area contributed by atoms with Gasteiger partial charge in [-0.3, -0.25) is 14.2 Å². The number of ether oxygens (including phenoxy) is 1. The molecule has 1 N–H and O–H groups in total. The van der Waals surface area contributed by atoms with Crippen molar-refractivity contribution in [3.8, 4) is 0 Å². The fourth-order valence-corrected chi connectivity index (χ4v) is 2.77. The highest BCUT2D eigenvalue weighted by Gasteiger charge is 2.19. The summed E-state index contributed by atoms with van der Waals surface area (Å²) in [7, 11) is 0. The zero-order valence-electron chi connectivity index (χ0n) is 14.8. The van der Waals surface area contributed by atoms with Crippen LogP contribution in [0.5, 0.6) is 0 Å². The Bertz CT molecular complexity index is 875. The van der Waals surface area contributed by atoms with E-state index >= 15 is 0 Å². The third kappa shape index (κ3) is 4.08. The molecule has 2 heterocycles. The van der Waals surface area contributed by atoms with Crippen molar-refractivity contribution < 1.29 is 13.9 Å². The molecule has 1 aromatic carbocycles. The van der Waals surface area contributed by atoms with E-state index in [0.717, 1.165) is 0 Å². The molecule has 1 amide bonds. The first-order valence-corrected chi connectivity index (χ1v) is 8.41. The van der Waals surface area contributed by atoms with Gasteiger partial charge in [0.15, 0.2) is 0 Å². The SMILES string of the molecule is Cc1cc(=O)n(CC(=O)Nc2ccc(C)c(F)c2)c(N2CCOCC2)n1. The van der Waals surface area contributed by atoms with E-state index in [2.05, 4.69) is 10.3 Å². The number of anilines is 2. The van der Waals surface area contributed by atoms with Crippen LogP contribution in [0, 0.1) is 19.7 Å². The highest BCUT2D eigenvalue weighted by Crippen LogP contribution is 2.15. The minimum absolute atomic E-state index is 0.200. The quantitative estimate of drug-likeness (QED) is 0.894. The minimum atomic E-state index is -0.421. The molecule has 0 bridgehead atoms. The molecule has 8 heteroatoms. The van der Waals surface area contributed by atoms with Gasteiger partial charge in [0.05, 0.1) is 13.2 Å². The van der Waals surface area contributed by atoms with Gasteiger partial charge in [0.2, 0.25) is 11.9 Å². The van der Waals surface area contributed by atoms with E-state index in [4.69, 9.17) is 4.74 Å². The highest BCUT2D eigenvalue weighted by atomic mass is 19.1. The third-order valence-corrected chi connectivity index (χ3v) is 4.17. The molecule has 0 unspecified atom stereocenters. The van der Waals surface area contributed by atoms with Crippen LogP contribution in [0.3, 0.4) is 0 Å². The van der Waals surface area contributed by atoms with Crippen LogP contribution in [0.1, 0.15) is 11.3 Å². The number of amides is 1. The number of carbonyl (C=O) groups is 1. The number of rotatable bonds is 4. The summed E-state index contributed by atoms with van der Waals surface area (Å²) in [5, 5.41) is 2.62. The number of aryl methyl sites for hydroxylation is 2. The van der Waals surface area contributed by atoms with Gasteiger partial charge in [-0.15, -0.1) is 0 Å². The van der Waals surface area contributed by atoms with E-state index in [-0.39, 0.29) is 12.1 Å². The molecule has 1 fully saturated rings. The van der Waals surface area contributed by atoms with E-state index in [1.807, 2.05) is 4.90 Å². The summed E-state index contributed by atoms with van der Waals surface area (Å²) in [6.07, 6.45) is 0. The Morgan fingerprint density at radius 1 is 1.27 bits per heavy atom. The molecule has 1 saturated heterocycles. The maximum atomic E-state index is 13.6. The Labute approximate surface area is 150 Å². The molecule has 0 radical (unpaired) electrons. The molecule has 1 aromatic heterocycles. The van der Waals surface area contributed by atoms with Crippen LogP contribution < -0.4 is 15.8 Å². The summed E-state index contributed by atoms with van der Waals surface area (Å²) in [6, 6.07) is 5.86. The highest BCUT2D eigenvalue weighted by molar-refractivity contribution is 5.90. The predicted octanol–water partition coefficient (Wildman–Crippen LogP) is 1.47. The lowest BCUT2D eigenvalue weighted by molar-refractivity contribution is -0.116. The molecule has 0 saturated carbocycles. The van der Waals surface area contributed by atoms with Crippen molar-refractivity contribution in [1.29, 1.82) is 0 Å². The number of hydrogen-bond donors (Lipinski definition) is 1. The van der Waals surface area contributed by atoms with Crippen LogP contribution in [-0.2, 0) is 16.1 Å². The molecule has 0 atom stereocenters. The van der Waals surface area contributed by atoms with Gasteiger partial charge in [-0.05, 0) is 31.5 Å². The van der Waals surface area contributed by atoms with Crippen molar-refractivity contribution in [1.82, 2.24) is 9.55 Å². The van der Waals surface area contributed by atoms with Gasteiger partial charge >= 0.3 is 0 Å². The molecule has 0 aliphatic carbocycles. The topological polar surface area (TPSA) is 76.5 Å². The fraction of sp³-hybridized carbons (Fsp3) is 0.389. The maximum Gasteiger partial charge on any atom is 0.255 e. The van der Waals surface area contributed by atoms with Gasteiger partial charge in [-0.1, -0.05) is 6.07 Å². The summed E-state index contributed by atoms with van der Waals surface area (Å²) in [4.78, 5) is 31.2. The summed E-state index contributed by atoms with van der Waals surface area (Å²) >= 11 is 0. The fourth-order valence-electron chi connectivity index (χ4n) is 2.77. The normalized spacial score (nSPS) is 14.3. The van der Waals surface area contributed by atoms with E-state index in [1.165, 1.54) is 16.7 Å². The van der Waals surface area contributed by atoms with Gasteiger partial charge in [0.25, 0.3) is 5.56 Å². The largest absolute Gasteiger partial charge is 0.378 e. The predicted molar refractivity (Wildman–Crippen MR) is 96.0 cm³/mol. The van der Waals surface area contributed by atoms with Crippen LogP contribution in [-0.4, -0.2) is 41.8 Å². The van der Waals surface area contributed by atoms with Crippen molar-refractivity contribution >= 4 is 17.5 Å². The molecule has 1 aliphatic rings. The van der Waals surface area contributed by atoms with Gasteiger partial charge in [-0.2, -0.15) is 0 Å². The van der Waals surface area contributed by atoms with Crippen LogP contribution in [0.15, 0.2) is 29.1 Å². The average molecular weight is 360 g/mol. The molecule has 0 spiro atoms. The van der Waals surface area contributed by atoms with Crippen LogP contribution in [0.2, 0.25) is 0 Å². The number of halogens is 1. The minimum Gasteiger partial charge on any atom is -0.378 e. The second-order valence-electron chi connectivity index (χ2n) is 6.23. The number of nitrogens with zero attached hydrogens (tertiary/aromatic N) is 3. The number of morpholine rings is 1. The molecule has 138 valence electrons. The standard InChI is InChI=1S/C18H21FN4O3/c1-12-3-4-14(10-15(12)19)21-16(24)11-23-17(25)9-13(2)20-18(23)22-5-7-26-8-6-22/h3-4,9-10H,5-8,11H2,1-2H3,(H,21,24). The smallest absolute Gasteiger partial charge is 0.255 e. The molecular formula is C18H21FN4O3. The first-order valence-electron chi connectivity index (χ1n) is 8.41. The van der Waals surface area contributed by atoms with Gasteiger partial charge in [0.1, 0.15) is 12.4 Å². The maximum absolute atomic E-state index is 13.6. The summed E-state index contributed by atoms with van der Waals surface area (Å²) in [5.41, 5.74) is 1.13. The van der Waals surface area contributed by atoms with Crippen molar-refractivity contribution in [3.63, 3.8) is 0 Å². The van der Waals surface area contributed by atoms with Gasteiger partial charge in [0, 0.05) is 30.5 Å². The molecule has 3 rings (SSSR count). The van der Waals surface area contributed by atoms with E-state index in [9.17, 15) is 14.0 Å². The molecule has 7 nitrogen and oxygen atoms in total. The Hall–Kier alpha value is -2.74. The zero-order valence-corrected chi connectivity index (χ0v) is 14.8. The van der Waals surface area contributed by atoms with Crippen LogP contribution >= 0.6 is 0 Å². The van der Waals surface area contributed by atoms with Crippen LogP contribution in [0.4, 0.5) is 16.0 Å². The van der Waals surface area contributed by atoms with E-state index in [0.29, 0.717) is 49.2 Å². The lowest BCUT2D eigenvalue weighted by Gasteiger charge is -2.29. The number of benzene rings is 1. The van der Waals surface area contributed by atoms with Crippen LogP contribution in [0.25, 0.3) is 0 Å². The molecule has 2 aromatic rings. The third-order valence-electron chi connectivity index (χ3n) is 4.17. The summed E-state index contributed by atoms with van der Waals surface area (Å²) in [6.45, 7) is 5.46. The van der Waals surface area contributed by atoms with E-state index < -0.39 is 11.7 Å². The van der Waals surface area contributed by atoms with Crippen molar-refractivity contribution in [2.75, 3.05) is 36.5 Å². The number of carbonyl (C=O) groups excluding carboxylic acids is 1. The monoisotopic (exact) mass is 360 g/mol. The number of aromatic nitrogens is 2. The Morgan fingerprint density at radius 2 is 2.00 bits per heavy atom. The molecule has 1 aliphatic heterocycles. The average Bonchev–Trinajstić information content (AvgIpc) is 2.61. The second-order valence-corrected chi connectivity index (χ2v) is 6.23.